The van der Waals surface area contributed by atoms with Gasteiger partial charge in [0.15, 0.2) is 6.61 Å². The predicted molar refractivity (Wildman–Crippen MR) is 82.7 cm³/mol. The Balaban J connectivity index is 2.08. The highest BCUT2D eigenvalue weighted by Gasteiger charge is 2.07. The van der Waals surface area contributed by atoms with Crippen LogP contribution in [0.5, 0.6) is 5.75 Å². The first-order valence-corrected chi connectivity index (χ1v) is 7.13. The van der Waals surface area contributed by atoms with Crippen molar-refractivity contribution < 1.29 is 14.3 Å². The molecule has 0 amide bonds. The lowest BCUT2D eigenvalue weighted by Crippen LogP contribution is -2.15. The fraction of sp³-hybridized carbons (Fsp3) is 0.438. The van der Waals surface area contributed by atoms with Gasteiger partial charge in [-0.3, -0.25) is 0 Å². The van der Waals surface area contributed by atoms with Gasteiger partial charge in [-0.15, -0.1) is 0 Å². The average molecular weight is 290 g/mol. The number of H-pyrrole nitrogens is 1. The van der Waals surface area contributed by atoms with Crippen LogP contribution in [0.1, 0.15) is 12.5 Å². The van der Waals surface area contributed by atoms with E-state index < -0.39 is 0 Å². The maximum atomic E-state index is 11.3. The van der Waals surface area contributed by atoms with Crippen molar-refractivity contribution in [1.29, 1.82) is 0 Å². The molecule has 0 fully saturated rings. The number of likely N-dealkylation sites (N-methyl/N-ethyl adjacent to an activating group) is 1. The number of carbonyl (C=O) groups is 1. The first-order valence-electron chi connectivity index (χ1n) is 7.13. The average Bonchev–Trinajstić information content (AvgIpc) is 2.85. The molecule has 2 rings (SSSR count). The van der Waals surface area contributed by atoms with Gasteiger partial charge in [0, 0.05) is 23.6 Å². The van der Waals surface area contributed by atoms with E-state index in [2.05, 4.69) is 24.0 Å². The number of aromatic amines is 1. The van der Waals surface area contributed by atoms with Crippen LogP contribution in [0.15, 0.2) is 24.4 Å². The maximum absolute atomic E-state index is 11.3. The van der Waals surface area contributed by atoms with Crippen molar-refractivity contribution in [1.82, 2.24) is 9.88 Å². The van der Waals surface area contributed by atoms with Gasteiger partial charge in [0.05, 0.1) is 6.61 Å². The van der Waals surface area contributed by atoms with Gasteiger partial charge in [0.25, 0.3) is 0 Å². The number of benzene rings is 1. The molecule has 0 saturated heterocycles. The Morgan fingerprint density at radius 1 is 1.33 bits per heavy atom. The van der Waals surface area contributed by atoms with Crippen LogP contribution in [-0.4, -0.2) is 49.7 Å². The van der Waals surface area contributed by atoms with Crippen LogP contribution in [0.2, 0.25) is 0 Å². The van der Waals surface area contributed by atoms with Gasteiger partial charge in [-0.2, -0.15) is 0 Å². The van der Waals surface area contributed by atoms with E-state index >= 15 is 0 Å². The highest BCUT2D eigenvalue weighted by molar-refractivity contribution is 5.84. The number of ether oxygens (including phenoxy) is 2. The van der Waals surface area contributed by atoms with Crippen LogP contribution >= 0.6 is 0 Å². The smallest absolute Gasteiger partial charge is 0.344 e. The van der Waals surface area contributed by atoms with E-state index in [0.717, 1.165) is 23.9 Å². The second-order valence-electron chi connectivity index (χ2n) is 5.17. The summed E-state index contributed by atoms with van der Waals surface area (Å²) < 4.78 is 10.3. The molecule has 5 nitrogen and oxygen atoms in total. The third-order valence-corrected chi connectivity index (χ3v) is 3.23. The Morgan fingerprint density at radius 3 is 2.86 bits per heavy atom. The summed E-state index contributed by atoms with van der Waals surface area (Å²) in [6.45, 7) is 3.08. The van der Waals surface area contributed by atoms with Gasteiger partial charge in [-0.05, 0) is 51.2 Å². The summed E-state index contributed by atoms with van der Waals surface area (Å²) in [5.41, 5.74) is 2.33. The molecule has 1 aromatic carbocycles. The largest absolute Gasteiger partial charge is 0.482 e. The summed E-state index contributed by atoms with van der Waals surface area (Å²) in [5.74, 6) is 0.334. The second kappa shape index (κ2) is 7.13. The zero-order valence-electron chi connectivity index (χ0n) is 12.8. The van der Waals surface area contributed by atoms with Crippen molar-refractivity contribution in [2.45, 2.75) is 13.3 Å². The molecule has 5 heteroatoms. The summed E-state index contributed by atoms with van der Waals surface area (Å²) >= 11 is 0. The van der Waals surface area contributed by atoms with Crippen LogP contribution < -0.4 is 4.74 Å². The minimum Gasteiger partial charge on any atom is -0.482 e. The number of esters is 1. The number of carbonyl (C=O) groups excluding carboxylic acids is 1. The Labute approximate surface area is 124 Å². The molecule has 0 aliphatic carbocycles. The number of hydrogen-bond donors (Lipinski definition) is 1. The standard InChI is InChI=1S/C16H22N2O3/c1-4-20-16(19)11-21-13-5-6-15-14(9-13)12(10-17-15)7-8-18(2)3/h5-6,9-10,17H,4,7-8,11H2,1-3H3. The molecule has 0 radical (unpaired) electrons. The lowest BCUT2D eigenvalue weighted by Gasteiger charge is -2.09. The van der Waals surface area contributed by atoms with Crippen molar-refractivity contribution in [2.24, 2.45) is 0 Å². The molecule has 114 valence electrons. The van der Waals surface area contributed by atoms with Gasteiger partial charge in [-0.25, -0.2) is 4.79 Å². The minimum absolute atomic E-state index is 0.0587. The van der Waals surface area contributed by atoms with E-state index in [1.807, 2.05) is 24.4 Å². The quantitative estimate of drug-likeness (QED) is 0.794. The summed E-state index contributed by atoms with van der Waals surface area (Å²) in [5, 5.41) is 1.14. The van der Waals surface area contributed by atoms with Crippen molar-refractivity contribution in [3.05, 3.63) is 30.0 Å². The van der Waals surface area contributed by atoms with Gasteiger partial charge in [0.1, 0.15) is 5.75 Å². The zero-order valence-corrected chi connectivity index (χ0v) is 12.8. The molecule has 0 atom stereocenters. The van der Waals surface area contributed by atoms with Crippen LogP contribution in [0.25, 0.3) is 10.9 Å². The molecular formula is C16H22N2O3. The second-order valence-corrected chi connectivity index (χ2v) is 5.17. The van der Waals surface area contributed by atoms with Gasteiger partial charge >= 0.3 is 5.97 Å². The SMILES string of the molecule is CCOC(=O)COc1ccc2[nH]cc(CCN(C)C)c2c1. The van der Waals surface area contributed by atoms with Crippen LogP contribution in [0.4, 0.5) is 0 Å². The minimum atomic E-state index is -0.348. The molecular weight excluding hydrogens is 268 g/mol. The molecule has 1 heterocycles. The normalized spacial score (nSPS) is 11.0. The fourth-order valence-electron chi connectivity index (χ4n) is 2.14. The fourth-order valence-corrected chi connectivity index (χ4v) is 2.14. The summed E-state index contributed by atoms with van der Waals surface area (Å²) in [4.78, 5) is 16.7. The van der Waals surface area contributed by atoms with E-state index in [9.17, 15) is 4.79 Å². The highest BCUT2D eigenvalue weighted by atomic mass is 16.6. The van der Waals surface area contributed by atoms with Gasteiger partial charge in [0.2, 0.25) is 0 Å². The topological polar surface area (TPSA) is 54.6 Å². The van der Waals surface area contributed by atoms with Crippen molar-refractivity contribution >= 4 is 16.9 Å². The number of nitrogens with zero attached hydrogens (tertiary/aromatic N) is 1. The van der Waals surface area contributed by atoms with Crippen LogP contribution in [0, 0.1) is 0 Å². The molecule has 0 bridgehead atoms. The third kappa shape index (κ3) is 4.23. The third-order valence-electron chi connectivity index (χ3n) is 3.23. The molecule has 21 heavy (non-hydrogen) atoms. The molecule has 0 saturated carbocycles. The number of hydrogen-bond acceptors (Lipinski definition) is 4. The number of aromatic nitrogens is 1. The van der Waals surface area contributed by atoms with E-state index in [1.54, 1.807) is 6.92 Å². The lowest BCUT2D eigenvalue weighted by atomic mass is 10.1. The number of fused-ring (bicyclic) bond motifs is 1. The van der Waals surface area contributed by atoms with Crippen LogP contribution in [-0.2, 0) is 16.0 Å². The molecule has 0 spiro atoms. The number of rotatable bonds is 7. The van der Waals surface area contributed by atoms with E-state index in [1.165, 1.54) is 5.56 Å². The summed E-state index contributed by atoms with van der Waals surface area (Å²) in [7, 11) is 4.12. The molecule has 1 N–H and O–H groups in total. The van der Waals surface area contributed by atoms with Crippen molar-refractivity contribution in [3.8, 4) is 5.75 Å². The molecule has 0 aliphatic heterocycles. The monoisotopic (exact) mass is 290 g/mol. The Bertz CT molecular complexity index is 605. The molecule has 0 unspecified atom stereocenters. The lowest BCUT2D eigenvalue weighted by molar-refractivity contribution is -0.145. The molecule has 0 aliphatic rings. The van der Waals surface area contributed by atoms with Gasteiger partial charge in [-0.1, -0.05) is 0 Å². The Kier molecular flexibility index (Phi) is 5.22. The van der Waals surface area contributed by atoms with Crippen molar-refractivity contribution in [2.75, 3.05) is 33.9 Å². The van der Waals surface area contributed by atoms with Crippen LogP contribution in [0.3, 0.4) is 0 Å². The summed E-state index contributed by atoms with van der Waals surface area (Å²) in [6.07, 6.45) is 3.00. The van der Waals surface area contributed by atoms with Gasteiger partial charge < -0.3 is 19.4 Å². The summed E-state index contributed by atoms with van der Waals surface area (Å²) in [6, 6.07) is 5.79. The van der Waals surface area contributed by atoms with Crippen molar-refractivity contribution in [3.63, 3.8) is 0 Å². The Hall–Kier alpha value is -2.01. The zero-order chi connectivity index (χ0) is 15.2. The van der Waals surface area contributed by atoms with E-state index in [-0.39, 0.29) is 12.6 Å². The first kappa shape index (κ1) is 15.4. The molecule has 2 aromatic rings. The number of nitrogens with one attached hydrogen (secondary N) is 1. The van der Waals surface area contributed by atoms with E-state index in [4.69, 9.17) is 9.47 Å². The predicted octanol–water partition coefficient (Wildman–Crippen LogP) is 2.21. The Morgan fingerprint density at radius 2 is 2.14 bits per heavy atom. The van der Waals surface area contributed by atoms with E-state index in [0.29, 0.717) is 12.4 Å². The maximum Gasteiger partial charge on any atom is 0.344 e. The molecule has 1 aromatic heterocycles. The highest BCUT2D eigenvalue weighted by Crippen LogP contribution is 2.24. The first-order chi connectivity index (χ1) is 10.1.